The number of nitrogens with zero attached hydrogens (tertiary/aromatic N) is 3. The number of carbonyl (C=O) groups is 2. The molecule has 6 heteroatoms. The van der Waals surface area contributed by atoms with Crippen molar-refractivity contribution in [2.75, 3.05) is 11.4 Å². The predicted octanol–water partition coefficient (Wildman–Crippen LogP) is 1.74. The van der Waals surface area contributed by atoms with Gasteiger partial charge in [-0.05, 0) is 19.8 Å². The average molecular weight is 277 g/mol. The van der Waals surface area contributed by atoms with Crippen LogP contribution in [0.1, 0.15) is 43.8 Å². The van der Waals surface area contributed by atoms with Gasteiger partial charge in [0.05, 0.1) is 17.7 Å². The molecule has 1 aromatic rings. The van der Waals surface area contributed by atoms with Gasteiger partial charge >= 0.3 is 5.97 Å². The van der Waals surface area contributed by atoms with Crippen molar-refractivity contribution >= 4 is 17.7 Å². The van der Waals surface area contributed by atoms with E-state index < -0.39 is 11.9 Å². The third-order valence-corrected chi connectivity index (χ3v) is 4.26. The van der Waals surface area contributed by atoms with Gasteiger partial charge in [0.15, 0.2) is 0 Å². The zero-order valence-corrected chi connectivity index (χ0v) is 11.6. The fourth-order valence-electron chi connectivity index (χ4n) is 3.22. The van der Waals surface area contributed by atoms with Crippen LogP contribution in [0.5, 0.6) is 0 Å². The maximum Gasteiger partial charge on any atom is 0.308 e. The van der Waals surface area contributed by atoms with Crippen molar-refractivity contribution in [1.82, 2.24) is 9.78 Å². The van der Waals surface area contributed by atoms with Crippen molar-refractivity contribution < 1.29 is 14.7 Å². The second-order valence-electron chi connectivity index (χ2n) is 5.77. The Kier molecular flexibility index (Phi) is 3.23. The first kappa shape index (κ1) is 13.1. The zero-order chi connectivity index (χ0) is 14.3. The summed E-state index contributed by atoms with van der Waals surface area (Å²) in [5, 5.41) is 13.6. The highest BCUT2D eigenvalue weighted by Crippen LogP contribution is 2.35. The molecule has 2 fully saturated rings. The van der Waals surface area contributed by atoms with Crippen molar-refractivity contribution in [2.45, 2.75) is 45.1 Å². The summed E-state index contributed by atoms with van der Waals surface area (Å²) < 4.78 is 1.93. The topological polar surface area (TPSA) is 75.4 Å². The highest BCUT2D eigenvalue weighted by atomic mass is 16.4. The maximum absolute atomic E-state index is 12.1. The molecule has 1 atom stereocenters. The van der Waals surface area contributed by atoms with Crippen LogP contribution in [0.4, 0.5) is 5.82 Å². The van der Waals surface area contributed by atoms with Gasteiger partial charge in [-0.3, -0.25) is 14.5 Å². The molecule has 20 heavy (non-hydrogen) atoms. The van der Waals surface area contributed by atoms with Crippen LogP contribution in [0.25, 0.3) is 0 Å². The van der Waals surface area contributed by atoms with Crippen molar-refractivity contribution in [3.05, 3.63) is 11.8 Å². The number of anilines is 1. The quantitative estimate of drug-likeness (QED) is 0.913. The summed E-state index contributed by atoms with van der Waals surface area (Å²) in [6, 6.07) is 2.23. The van der Waals surface area contributed by atoms with E-state index in [-0.39, 0.29) is 18.9 Å². The van der Waals surface area contributed by atoms with Crippen molar-refractivity contribution in [3.63, 3.8) is 0 Å². The molecule has 0 radical (unpaired) electrons. The van der Waals surface area contributed by atoms with Gasteiger partial charge in [0.2, 0.25) is 5.91 Å². The summed E-state index contributed by atoms with van der Waals surface area (Å²) in [6.07, 6.45) is 4.63. The lowest BCUT2D eigenvalue weighted by Gasteiger charge is -2.21. The van der Waals surface area contributed by atoms with Crippen LogP contribution in [0.2, 0.25) is 0 Å². The third kappa shape index (κ3) is 2.19. The molecule has 2 heterocycles. The van der Waals surface area contributed by atoms with E-state index in [2.05, 4.69) is 5.10 Å². The minimum atomic E-state index is -0.899. The number of carbonyl (C=O) groups excluding carboxylic acids is 1. The molecule has 0 bridgehead atoms. The third-order valence-electron chi connectivity index (χ3n) is 4.26. The Hall–Kier alpha value is -1.85. The molecular weight excluding hydrogens is 258 g/mol. The van der Waals surface area contributed by atoms with Gasteiger partial charge in [-0.25, -0.2) is 4.68 Å². The van der Waals surface area contributed by atoms with Crippen LogP contribution >= 0.6 is 0 Å². The lowest BCUT2D eigenvalue weighted by atomic mass is 10.1. The first-order valence-corrected chi connectivity index (χ1v) is 7.15. The Morgan fingerprint density at radius 1 is 1.40 bits per heavy atom. The van der Waals surface area contributed by atoms with Gasteiger partial charge in [0.1, 0.15) is 5.82 Å². The second kappa shape index (κ2) is 4.92. The molecule has 1 N–H and O–H groups in total. The molecule has 1 amide bonds. The minimum absolute atomic E-state index is 0.0875. The minimum Gasteiger partial charge on any atom is -0.481 e. The lowest BCUT2D eigenvalue weighted by molar-refractivity contribution is -0.141. The Balaban J connectivity index is 1.90. The van der Waals surface area contributed by atoms with Crippen LogP contribution in [-0.2, 0) is 9.59 Å². The van der Waals surface area contributed by atoms with E-state index in [1.54, 1.807) is 4.90 Å². The van der Waals surface area contributed by atoms with Gasteiger partial charge < -0.3 is 5.11 Å². The lowest BCUT2D eigenvalue weighted by Crippen LogP contribution is -2.29. The number of aromatic nitrogens is 2. The Morgan fingerprint density at radius 3 is 2.70 bits per heavy atom. The molecule has 1 saturated carbocycles. The number of aryl methyl sites for hydroxylation is 1. The molecule has 1 aliphatic heterocycles. The molecule has 108 valence electrons. The van der Waals surface area contributed by atoms with E-state index >= 15 is 0 Å². The molecule has 6 nitrogen and oxygen atoms in total. The van der Waals surface area contributed by atoms with Crippen molar-refractivity contribution in [3.8, 4) is 0 Å². The molecule has 1 aliphatic carbocycles. The Bertz CT molecular complexity index is 546. The normalized spacial score (nSPS) is 23.8. The van der Waals surface area contributed by atoms with Gasteiger partial charge in [0, 0.05) is 19.0 Å². The highest BCUT2D eigenvalue weighted by molar-refractivity contribution is 5.98. The summed E-state index contributed by atoms with van der Waals surface area (Å²) in [5.41, 5.74) is 0.874. The molecular formula is C14H19N3O3. The van der Waals surface area contributed by atoms with Gasteiger partial charge in [-0.1, -0.05) is 12.8 Å². The Morgan fingerprint density at radius 2 is 2.10 bits per heavy atom. The monoisotopic (exact) mass is 277 g/mol. The molecule has 0 aromatic carbocycles. The van der Waals surface area contributed by atoms with E-state index in [1.165, 1.54) is 12.8 Å². The smallest absolute Gasteiger partial charge is 0.308 e. The number of aliphatic carboxylic acids is 1. The van der Waals surface area contributed by atoms with Gasteiger partial charge in [0.25, 0.3) is 0 Å². The van der Waals surface area contributed by atoms with Gasteiger partial charge in [-0.15, -0.1) is 0 Å². The van der Waals surface area contributed by atoms with E-state index in [0.717, 1.165) is 24.4 Å². The predicted molar refractivity (Wildman–Crippen MR) is 72.6 cm³/mol. The van der Waals surface area contributed by atoms with E-state index in [0.29, 0.717) is 6.04 Å². The number of carboxylic acids is 1. The van der Waals surface area contributed by atoms with E-state index in [4.69, 9.17) is 5.11 Å². The molecule has 2 aliphatic rings. The standard InChI is InChI=1S/C14H19N3O3/c1-9-6-12(17(15-9)11-4-2-3-5-11)16-8-10(14(19)20)7-13(16)18/h6,10-11H,2-5,7-8H2,1H3,(H,19,20). The average Bonchev–Trinajstić information content (AvgIpc) is 3.07. The van der Waals surface area contributed by atoms with Crippen LogP contribution in [-0.4, -0.2) is 33.3 Å². The first-order chi connectivity index (χ1) is 9.56. The van der Waals surface area contributed by atoms with Crippen LogP contribution in [0.15, 0.2) is 6.07 Å². The summed E-state index contributed by atoms with van der Waals surface area (Å²) in [7, 11) is 0. The van der Waals surface area contributed by atoms with E-state index in [9.17, 15) is 9.59 Å². The fourth-order valence-corrected chi connectivity index (χ4v) is 3.22. The van der Waals surface area contributed by atoms with Crippen LogP contribution in [0.3, 0.4) is 0 Å². The number of carboxylic acid groups (broad SMARTS) is 1. The molecule has 1 saturated heterocycles. The maximum atomic E-state index is 12.1. The Labute approximate surface area is 117 Å². The largest absolute Gasteiger partial charge is 0.481 e. The molecule has 1 aromatic heterocycles. The highest BCUT2D eigenvalue weighted by Gasteiger charge is 2.37. The van der Waals surface area contributed by atoms with E-state index in [1.807, 2.05) is 17.7 Å². The zero-order valence-electron chi connectivity index (χ0n) is 11.6. The van der Waals surface area contributed by atoms with Crippen molar-refractivity contribution in [2.24, 2.45) is 5.92 Å². The number of hydrogen-bond acceptors (Lipinski definition) is 3. The molecule has 0 spiro atoms. The molecule has 3 rings (SSSR count). The SMILES string of the molecule is Cc1cc(N2CC(C(=O)O)CC2=O)n(C2CCCC2)n1. The second-order valence-corrected chi connectivity index (χ2v) is 5.77. The van der Waals surface area contributed by atoms with Crippen LogP contribution in [0, 0.1) is 12.8 Å². The fraction of sp³-hybridized carbons (Fsp3) is 0.643. The number of hydrogen-bond donors (Lipinski definition) is 1. The number of amides is 1. The summed E-state index contributed by atoms with van der Waals surface area (Å²) in [6.45, 7) is 2.16. The summed E-state index contributed by atoms with van der Waals surface area (Å²) in [5.74, 6) is -0.848. The molecule has 1 unspecified atom stereocenters. The first-order valence-electron chi connectivity index (χ1n) is 7.15. The van der Waals surface area contributed by atoms with Crippen molar-refractivity contribution in [1.29, 1.82) is 0 Å². The summed E-state index contributed by atoms with van der Waals surface area (Å²) in [4.78, 5) is 24.8. The number of rotatable bonds is 3. The summed E-state index contributed by atoms with van der Waals surface area (Å²) >= 11 is 0. The van der Waals surface area contributed by atoms with Crippen LogP contribution < -0.4 is 4.90 Å². The van der Waals surface area contributed by atoms with Gasteiger partial charge in [-0.2, -0.15) is 5.10 Å².